The predicted molar refractivity (Wildman–Crippen MR) is 71.9 cm³/mol. The lowest BCUT2D eigenvalue weighted by Crippen LogP contribution is -2.41. The summed E-state index contributed by atoms with van der Waals surface area (Å²) in [5.41, 5.74) is 1.11. The first-order valence-corrected chi connectivity index (χ1v) is 6.35. The van der Waals surface area contributed by atoms with Crippen molar-refractivity contribution < 1.29 is 9.53 Å². The molecule has 0 radical (unpaired) electrons. The molecular weight excluding hydrogens is 228 g/mol. The molecule has 0 aromatic heterocycles. The molecule has 1 aromatic rings. The summed E-state index contributed by atoms with van der Waals surface area (Å²) >= 11 is 0. The van der Waals surface area contributed by atoms with Gasteiger partial charge in [0.05, 0.1) is 7.11 Å². The van der Waals surface area contributed by atoms with Crippen LogP contribution < -0.4 is 10.1 Å². The molecule has 0 atom stereocenters. The number of hydrogen-bond acceptors (Lipinski definition) is 3. The molecule has 4 heteroatoms. The van der Waals surface area contributed by atoms with E-state index in [9.17, 15) is 4.79 Å². The average molecular weight is 248 g/mol. The van der Waals surface area contributed by atoms with Crippen LogP contribution in [0.4, 0.5) is 5.69 Å². The average Bonchev–Trinajstić information content (AvgIpc) is 2.40. The number of hydrogen-bond donors (Lipinski definition) is 1. The van der Waals surface area contributed by atoms with Gasteiger partial charge in [-0.15, -0.1) is 0 Å². The summed E-state index contributed by atoms with van der Waals surface area (Å²) in [7, 11) is 1.67. The zero-order valence-corrected chi connectivity index (χ0v) is 11.0. The Kier molecular flexibility index (Phi) is 4.07. The number of methoxy groups -OCH3 is 1. The van der Waals surface area contributed by atoms with Gasteiger partial charge in [0.25, 0.3) is 0 Å². The van der Waals surface area contributed by atoms with Crippen LogP contribution in [-0.2, 0) is 4.79 Å². The summed E-state index contributed by atoms with van der Waals surface area (Å²) in [4.78, 5) is 13.1. The van der Waals surface area contributed by atoms with Crippen molar-refractivity contribution in [2.75, 3.05) is 25.5 Å². The van der Waals surface area contributed by atoms with E-state index in [1.807, 2.05) is 29.2 Å². The number of nitrogens with zero attached hydrogens (tertiary/aromatic N) is 1. The van der Waals surface area contributed by atoms with Crippen molar-refractivity contribution in [1.29, 1.82) is 0 Å². The minimum absolute atomic E-state index is 0.179. The third kappa shape index (κ3) is 3.15. The topological polar surface area (TPSA) is 41.6 Å². The van der Waals surface area contributed by atoms with E-state index in [0.29, 0.717) is 6.04 Å². The first kappa shape index (κ1) is 12.7. The second-order valence-corrected chi connectivity index (χ2v) is 4.65. The minimum Gasteiger partial charge on any atom is -0.497 e. The van der Waals surface area contributed by atoms with Crippen molar-refractivity contribution in [3.8, 4) is 5.75 Å². The van der Waals surface area contributed by atoms with Crippen molar-refractivity contribution in [3.05, 3.63) is 24.3 Å². The molecule has 1 saturated heterocycles. The SMILES string of the molecule is COc1ccc(NC2CCN(C(C)=O)CC2)cc1. The molecule has 0 bridgehead atoms. The van der Waals surface area contributed by atoms with Crippen LogP contribution in [0.5, 0.6) is 5.75 Å². The smallest absolute Gasteiger partial charge is 0.219 e. The van der Waals surface area contributed by atoms with E-state index in [-0.39, 0.29) is 5.91 Å². The number of amides is 1. The van der Waals surface area contributed by atoms with Crippen molar-refractivity contribution in [2.24, 2.45) is 0 Å². The molecule has 98 valence electrons. The molecule has 0 saturated carbocycles. The van der Waals surface area contributed by atoms with Crippen LogP contribution in [0.15, 0.2) is 24.3 Å². The fourth-order valence-corrected chi connectivity index (χ4v) is 2.26. The summed E-state index contributed by atoms with van der Waals surface area (Å²) in [6.45, 7) is 3.34. The first-order valence-electron chi connectivity index (χ1n) is 6.35. The van der Waals surface area contributed by atoms with Gasteiger partial charge in [0, 0.05) is 31.7 Å². The van der Waals surface area contributed by atoms with Crippen molar-refractivity contribution in [1.82, 2.24) is 4.90 Å². The summed E-state index contributed by atoms with van der Waals surface area (Å²) < 4.78 is 5.13. The van der Waals surface area contributed by atoms with Gasteiger partial charge < -0.3 is 15.0 Å². The molecule has 1 aliphatic heterocycles. The summed E-state index contributed by atoms with van der Waals surface area (Å²) in [6.07, 6.45) is 2.01. The second kappa shape index (κ2) is 5.76. The Morgan fingerprint density at radius 1 is 1.28 bits per heavy atom. The lowest BCUT2D eigenvalue weighted by Gasteiger charge is -2.32. The van der Waals surface area contributed by atoms with Gasteiger partial charge in [0.2, 0.25) is 5.91 Å². The molecule has 1 N–H and O–H groups in total. The van der Waals surface area contributed by atoms with E-state index in [1.54, 1.807) is 14.0 Å². The Bertz CT molecular complexity index is 395. The Morgan fingerprint density at radius 3 is 2.39 bits per heavy atom. The van der Waals surface area contributed by atoms with Gasteiger partial charge in [0.1, 0.15) is 5.75 Å². The molecule has 0 aliphatic carbocycles. The standard InChI is InChI=1S/C14H20N2O2/c1-11(17)16-9-7-13(8-10-16)15-12-3-5-14(18-2)6-4-12/h3-6,13,15H,7-10H2,1-2H3. The highest BCUT2D eigenvalue weighted by Gasteiger charge is 2.20. The molecule has 1 aliphatic rings. The summed E-state index contributed by atoms with van der Waals surface area (Å²) in [5, 5.41) is 3.50. The zero-order chi connectivity index (χ0) is 13.0. The van der Waals surface area contributed by atoms with Crippen molar-refractivity contribution in [2.45, 2.75) is 25.8 Å². The van der Waals surface area contributed by atoms with Gasteiger partial charge in [0.15, 0.2) is 0 Å². The quantitative estimate of drug-likeness (QED) is 0.891. The van der Waals surface area contributed by atoms with Crippen LogP contribution in [0, 0.1) is 0 Å². The van der Waals surface area contributed by atoms with Crippen LogP contribution in [0.3, 0.4) is 0 Å². The van der Waals surface area contributed by atoms with Crippen LogP contribution in [0.25, 0.3) is 0 Å². The first-order chi connectivity index (χ1) is 8.69. The van der Waals surface area contributed by atoms with E-state index in [0.717, 1.165) is 37.4 Å². The van der Waals surface area contributed by atoms with Crippen LogP contribution >= 0.6 is 0 Å². The fraction of sp³-hybridized carbons (Fsp3) is 0.500. The number of nitrogens with one attached hydrogen (secondary N) is 1. The lowest BCUT2D eigenvalue weighted by atomic mass is 10.0. The molecule has 2 rings (SSSR count). The Labute approximate surface area is 108 Å². The maximum absolute atomic E-state index is 11.2. The molecule has 18 heavy (non-hydrogen) atoms. The molecular formula is C14H20N2O2. The molecule has 1 aromatic carbocycles. The zero-order valence-electron chi connectivity index (χ0n) is 11.0. The minimum atomic E-state index is 0.179. The van der Waals surface area contributed by atoms with Crippen LogP contribution in [0.2, 0.25) is 0 Å². The van der Waals surface area contributed by atoms with E-state index >= 15 is 0 Å². The molecule has 0 spiro atoms. The van der Waals surface area contributed by atoms with Crippen LogP contribution in [-0.4, -0.2) is 37.0 Å². The van der Waals surface area contributed by atoms with Gasteiger partial charge in [-0.3, -0.25) is 4.79 Å². The van der Waals surface area contributed by atoms with E-state index in [1.165, 1.54) is 0 Å². The number of ether oxygens (including phenoxy) is 1. The molecule has 1 fully saturated rings. The molecule has 0 unspecified atom stereocenters. The third-order valence-electron chi connectivity index (χ3n) is 3.40. The Hall–Kier alpha value is -1.71. The maximum atomic E-state index is 11.2. The Morgan fingerprint density at radius 2 is 1.89 bits per heavy atom. The fourth-order valence-electron chi connectivity index (χ4n) is 2.26. The van der Waals surface area contributed by atoms with E-state index in [4.69, 9.17) is 4.74 Å². The number of anilines is 1. The number of likely N-dealkylation sites (tertiary alicyclic amines) is 1. The lowest BCUT2D eigenvalue weighted by molar-refractivity contribution is -0.129. The highest BCUT2D eigenvalue weighted by molar-refractivity contribution is 5.73. The largest absolute Gasteiger partial charge is 0.497 e. The number of piperidine rings is 1. The number of carbonyl (C=O) groups excluding carboxylic acids is 1. The highest BCUT2D eigenvalue weighted by atomic mass is 16.5. The second-order valence-electron chi connectivity index (χ2n) is 4.65. The van der Waals surface area contributed by atoms with Gasteiger partial charge in [-0.25, -0.2) is 0 Å². The number of carbonyl (C=O) groups is 1. The monoisotopic (exact) mass is 248 g/mol. The van der Waals surface area contributed by atoms with E-state index in [2.05, 4.69) is 5.32 Å². The van der Waals surface area contributed by atoms with Crippen molar-refractivity contribution in [3.63, 3.8) is 0 Å². The maximum Gasteiger partial charge on any atom is 0.219 e. The summed E-state index contributed by atoms with van der Waals surface area (Å²) in [6, 6.07) is 8.40. The molecule has 1 amide bonds. The van der Waals surface area contributed by atoms with Gasteiger partial charge in [-0.1, -0.05) is 0 Å². The Balaban J connectivity index is 1.85. The number of rotatable bonds is 3. The van der Waals surface area contributed by atoms with Gasteiger partial charge >= 0.3 is 0 Å². The van der Waals surface area contributed by atoms with Crippen LogP contribution in [0.1, 0.15) is 19.8 Å². The predicted octanol–water partition coefficient (Wildman–Crippen LogP) is 2.12. The number of benzene rings is 1. The van der Waals surface area contributed by atoms with Crippen molar-refractivity contribution >= 4 is 11.6 Å². The van der Waals surface area contributed by atoms with E-state index < -0.39 is 0 Å². The van der Waals surface area contributed by atoms with Gasteiger partial charge in [-0.2, -0.15) is 0 Å². The van der Waals surface area contributed by atoms with Gasteiger partial charge in [-0.05, 0) is 37.1 Å². The normalized spacial score (nSPS) is 16.4. The molecule has 4 nitrogen and oxygen atoms in total. The summed E-state index contributed by atoms with van der Waals surface area (Å²) in [5.74, 6) is 1.05. The highest BCUT2D eigenvalue weighted by Crippen LogP contribution is 2.19. The third-order valence-corrected chi connectivity index (χ3v) is 3.40. The molecule has 1 heterocycles.